The molecule has 0 spiro atoms. The van der Waals surface area contributed by atoms with E-state index in [1.165, 1.54) is 4.90 Å². The number of aliphatic carboxylic acids is 1. The van der Waals surface area contributed by atoms with Crippen molar-refractivity contribution in [1.82, 2.24) is 15.1 Å². The van der Waals surface area contributed by atoms with Crippen molar-refractivity contribution in [2.45, 2.75) is 25.8 Å². The molecule has 0 bridgehead atoms. The number of carboxylic acids is 1. The molecule has 0 aromatic carbocycles. The summed E-state index contributed by atoms with van der Waals surface area (Å²) < 4.78 is 0. The fourth-order valence-electron chi connectivity index (χ4n) is 2.19. The Kier molecular flexibility index (Phi) is 5.40. The molecule has 1 aliphatic rings. The van der Waals surface area contributed by atoms with Gasteiger partial charge in [-0.05, 0) is 25.9 Å². The van der Waals surface area contributed by atoms with E-state index < -0.39 is 11.9 Å². The fourth-order valence-corrected chi connectivity index (χ4v) is 2.19. The molecule has 0 radical (unpaired) electrons. The summed E-state index contributed by atoms with van der Waals surface area (Å²) in [6.07, 6.45) is 1.90. The minimum Gasteiger partial charge on any atom is -0.481 e. The van der Waals surface area contributed by atoms with E-state index in [0.717, 1.165) is 25.9 Å². The molecule has 6 heteroatoms. The zero-order valence-corrected chi connectivity index (χ0v) is 11.3. The molecule has 18 heavy (non-hydrogen) atoms. The lowest BCUT2D eigenvalue weighted by atomic mass is 10.1. The van der Waals surface area contributed by atoms with Gasteiger partial charge in [0.15, 0.2) is 0 Å². The topological polar surface area (TPSA) is 72.9 Å². The van der Waals surface area contributed by atoms with Crippen LogP contribution < -0.4 is 5.32 Å². The first kappa shape index (κ1) is 14.8. The minimum atomic E-state index is -0.876. The zero-order valence-electron chi connectivity index (χ0n) is 11.3. The van der Waals surface area contributed by atoms with Crippen LogP contribution in [0.25, 0.3) is 0 Å². The van der Waals surface area contributed by atoms with Crippen molar-refractivity contribution in [3.63, 3.8) is 0 Å². The number of urea groups is 1. The molecule has 104 valence electrons. The average Bonchev–Trinajstić information content (AvgIpc) is 2.37. The van der Waals surface area contributed by atoms with Crippen LogP contribution in [0.5, 0.6) is 0 Å². The molecule has 1 aliphatic heterocycles. The van der Waals surface area contributed by atoms with Crippen molar-refractivity contribution < 1.29 is 14.7 Å². The second kappa shape index (κ2) is 6.58. The maximum absolute atomic E-state index is 12.1. The normalized spacial score (nSPS) is 18.2. The van der Waals surface area contributed by atoms with Gasteiger partial charge in [-0.1, -0.05) is 6.92 Å². The van der Waals surface area contributed by atoms with Gasteiger partial charge in [0.2, 0.25) is 0 Å². The van der Waals surface area contributed by atoms with Crippen molar-refractivity contribution in [1.29, 1.82) is 0 Å². The van der Waals surface area contributed by atoms with Gasteiger partial charge in [-0.15, -0.1) is 0 Å². The van der Waals surface area contributed by atoms with Crippen molar-refractivity contribution in [2.24, 2.45) is 5.92 Å². The maximum Gasteiger partial charge on any atom is 0.319 e. The highest BCUT2D eigenvalue weighted by atomic mass is 16.4. The van der Waals surface area contributed by atoms with E-state index in [9.17, 15) is 9.59 Å². The Morgan fingerprint density at radius 1 is 1.33 bits per heavy atom. The van der Waals surface area contributed by atoms with Gasteiger partial charge in [-0.25, -0.2) is 4.79 Å². The molecule has 0 saturated carbocycles. The lowest BCUT2D eigenvalue weighted by Crippen LogP contribution is -2.49. The summed E-state index contributed by atoms with van der Waals surface area (Å²) in [7, 11) is 3.44. The standard InChI is InChI=1S/C12H23N3O3/c1-9(11(16)17)8-14(2)12(18)15(3)10-4-6-13-7-5-10/h9-10,13H,4-8H2,1-3H3,(H,16,17). The van der Waals surface area contributed by atoms with Crippen LogP contribution in [0.3, 0.4) is 0 Å². The molecule has 0 aliphatic carbocycles. The molecule has 6 nitrogen and oxygen atoms in total. The summed E-state index contributed by atoms with van der Waals surface area (Å²) in [5, 5.41) is 12.1. The molecule has 1 fully saturated rings. The van der Waals surface area contributed by atoms with E-state index in [2.05, 4.69) is 5.32 Å². The summed E-state index contributed by atoms with van der Waals surface area (Å²) in [5.41, 5.74) is 0. The number of carbonyl (C=O) groups is 2. The second-order valence-electron chi connectivity index (χ2n) is 4.99. The van der Waals surface area contributed by atoms with Crippen molar-refractivity contribution >= 4 is 12.0 Å². The van der Waals surface area contributed by atoms with E-state index in [-0.39, 0.29) is 18.6 Å². The third-order valence-corrected chi connectivity index (χ3v) is 3.45. The Bertz CT molecular complexity index is 303. The first-order valence-corrected chi connectivity index (χ1v) is 6.35. The average molecular weight is 257 g/mol. The first-order valence-electron chi connectivity index (χ1n) is 6.35. The maximum atomic E-state index is 12.1. The number of carboxylic acid groups (broad SMARTS) is 1. The van der Waals surface area contributed by atoms with Crippen molar-refractivity contribution in [2.75, 3.05) is 33.7 Å². The van der Waals surface area contributed by atoms with Crippen LogP contribution in [0.15, 0.2) is 0 Å². The molecule has 1 heterocycles. The lowest BCUT2D eigenvalue weighted by Gasteiger charge is -2.34. The molecular formula is C12H23N3O3. The third kappa shape index (κ3) is 3.87. The summed E-state index contributed by atoms with van der Waals surface area (Å²) >= 11 is 0. The first-order chi connectivity index (χ1) is 8.43. The van der Waals surface area contributed by atoms with Gasteiger partial charge >= 0.3 is 12.0 Å². The highest BCUT2D eigenvalue weighted by Gasteiger charge is 2.25. The van der Waals surface area contributed by atoms with E-state index >= 15 is 0 Å². The minimum absolute atomic E-state index is 0.102. The van der Waals surface area contributed by atoms with Gasteiger partial charge < -0.3 is 20.2 Å². The third-order valence-electron chi connectivity index (χ3n) is 3.45. The van der Waals surface area contributed by atoms with Gasteiger partial charge in [0, 0.05) is 26.7 Å². The number of piperidine rings is 1. The van der Waals surface area contributed by atoms with Crippen LogP contribution in [-0.4, -0.2) is 66.7 Å². The molecule has 0 aromatic heterocycles. The van der Waals surface area contributed by atoms with Gasteiger partial charge in [-0.2, -0.15) is 0 Å². The molecule has 1 saturated heterocycles. The predicted octanol–water partition coefficient (Wildman–Crippen LogP) is 0.443. The van der Waals surface area contributed by atoms with Crippen LogP contribution in [-0.2, 0) is 4.79 Å². The number of nitrogens with zero attached hydrogens (tertiary/aromatic N) is 2. The summed E-state index contributed by atoms with van der Waals surface area (Å²) in [6.45, 7) is 3.70. The lowest BCUT2D eigenvalue weighted by molar-refractivity contribution is -0.141. The van der Waals surface area contributed by atoms with Crippen LogP contribution in [0, 0.1) is 5.92 Å². The quantitative estimate of drug-likeness (QED) is 0.766. The number of carbonyl (C=O) groups excluding carboxylic acids is 1. The summed E-state index contributed by atoms with van der Waals surface area (Å²) in [5.74, 6) is -1.42. The molecule has 1 atom stereocenters. The second-order valence-corrected chi connectivity index (χ2v) is 4.99. The fraction of sp³-hybridized carbons (Fsp3) is 0.833. The number of hydrogen-bond donors (Lipinski definition) is 2. The van der Waals surface area contributed by atoms with Crippen molar-refractivity contribution in [3.05, 3.63) is 0 Å². The van der Waals surface area contributed by atoms with Crippen LogP contribution in [0.4, 0.5) is 4.79 Å². The predicted molar refractivity (Wildman–Crippen MR) is 68.5 cm³/mol. The largest absolute Gasteiger partial charge is 0.481 e. The smallest absolute Gasteiger partial charge is 0.319 e. The number of rotatable bonds is 4. The zero-order chi connectivity index (χ0) is 13.7. The Hall–Kier alpha value is -1.30. The van der Waals surface area contributed by atoms with Crippen LogP contribution in [0.1, 0.15) is 19.8 Å². The van der Waals surface area contributed by atoms with E-state index in [4.69, 9.17) is 5.11 Å². The van der Waals surface area contributed by atoms with E-state index in [1.807, 2.05) is 0 Å². The summed E-state index contributed by atoms with van der Waals surface area (Å²) in [6, 6.07) is 0.149. The van der Waals surface area contributed by atoms with Gasteiger partial charge in [0.25, 0.3) is 0 Å². The highest BCUT2D eigenvalue weighted by Crippen LogP contribution is 2.12. The van der Waals surface area contributed by atoms with Crippen molar-refractivity contribution in [3.8, 4) is 0 Å². The molecule has 2 N–H and O–H groups in total. The number of hydrogen-bond acceptors (Lipinski definition) is 3. The Labute approximate surface area is 108 Å². The molecular weight excluding hydrogens is 234 g/mol. The molecule has 1 rings (SSSR count). The van der Waals surface area contributed by atoms with Gasteiger partial charge in [-0.3, -0.25) is 4.79 Å². The van der Waals surface area contributed by atoms with Crippen LogP contribution in [0.2, 0.25) is 0 Å². The molecule has 2 amide bonds. The van der Waals surface area contributed by atoms with Crippen LogP contribution >= 0.6 is 0 Å². The number of amides is 2. The molecule has 1 unspecified atom stereocenters. The van der Waals surface area contributed by atoms with E-state index in [1.54, 1.807) is 25.9 Å². The van der Waals surface area contributed by atoms with Gasteiger partial charge in [0.1, 0.15) is 0 Å². The molecule has 0 aromatic rings. The Balaban J connectivity index is 2.48. The Morgan fingerprint density at radius 2 is 1.89 bits per heavy atom. The number of nitrogens with one attached hydrogen (secondary N) is 1. The SMILES string of the molecule is CC(CN(C)C(=O)N(C)C1CCNCC1)C(=O)O. The highest BCUT2D eigenvalue weighted by molar-refractivity contribution is 5.76. The summed E-state index contributed by atoms with van der Waals surface area (Å²) in [4.78, 5) is 26.1. The van der Waals surface area contributed by atoms with Gasteiger partial charge in [0.05, 0.1) is 5.92 Å². The Morgan fingerprint density at radius 3 is 2.39 bits per heavy atom. The monoisotopic (exact) mass is 257 g/mol. The van der Waals surface area contributed by atoms with E-state index in [0.29, 0.717) is 0 Å².